The van der Waals surface area contributed by atoms with Crippen molar-refractivity contribution in [1.29, 1.82) is 0 Å². The van der Waals surface area contributed by atoms with Crippen LogP contribution in [-0.4, -0.2) is 26.4 Å². The molecule has 7 nitrogen and oxygen atoms in total. The van der Waals surface area contributed by atoms with Gasteiger partial charge in [-0.15, -0.1) is 11.3 Å². The quantitative estimate of drug-likeness (QED) is 0.632. The van der Waals surface area contributed by atoms with Crippen molar-refractivity contribution in [3.63, 3.8) is 0 Å². The zero-order valence-electron chi connectivity index (χ0n) is 14.4. The molecule has 0 saturated heterocycles. The Labute approximate surface area is 161 Å². The van der Waals surface area contributed by atoms with Crippen LogP contribution in [0.5, 0.6) is 5.75 Å². The second kappa shape index (κ2) is 8.19. The number of carbonyl (C=O) groups excluding carboxylic acids is 1. The maximum atomic E-state index is 12.3. The molecule has 0 spiro atoms. The van der Waals surface area contributed by atoms with Crippen molar-refractivity contribution in [1.82, 2.24) is 10.3 Å². The number of nitrogens with one attached hydrogen (secondary N) is 2. The van der Waals surface area contributed by atoms with Gasteiger partial charge in [-0.25, -0.2) is 13.4 Å². The van der Waals surface area contributed by atoms with E-state index in [0.717, 1.165) is 5.56 Å². The van der Waals surface area contributed by atoms with E-state index in [0.29, 0.717) is 17.9 Å². The van der Waals surface area contributed by atoms with Crippen LogP contribution in [0.25, 0.3) is 0 Å². The average Bonchev–Trinajstić information content (AvgIpc) is 3.18. The van der Waals surface area contributed by atoms with Crippen molar-refractivity contribution in [3.8, 4) is 5.75 Å². The van der Waals surface area contributed by atoms with Crippen LogP contribution < -0.4 is 14.8 Å². The summed E-state index contributed by atoms with van der Waals surface area (Å²) < 4.78 is 32.2. The number of methoxy groups -OCH3 is 1. The van der Waals surface area contributed by atoms with Crippen molar-refractivity contribution >= 4 is 32.4 Å². The Morgan fingerprint density at radius 2 is 1.89 bits per heavy atom. The van der Waals surface area contributed by atoms with Crippen LogP contribution in [0.1, 0.15) is 15.9 Å². The number of hydrogen-bond acceptors (Lipinski definition) is 6. The number of thiazole rings is 1. The van der Waals surface area contributed by atoms with Gasteiger partial charge in [-0.1, -0.05) is 18.2 Å². The fraction of sp³-hybridized carbons (Fsp3) is 0.111. The Hall–Kier alpha value is -2.91. The minimum absolute atomic E-state index is 0.0546. The molecule has 0 aliphatic rings. The number of nitrogens with zero attached hydrogens (tertiary/aromatic N) is 1. The summed E-state index contributed by atoms with van der Waals surface area (Å²) in [7, 11) is -2.17. The first-order valence-corrected chi connectivity index (χ1v) is 10.3. The molecule has 9 heteroatoms. The predicted octanol–water partition coefficient (Wildman–Crippen LogP) is 2.88. The van der Waals surface area contributed by atoms with Crippen LogP contribution in [0, 0.1) is 0 Å². The molecule has 27 heavy (non-hydrogen) atoms. The number of para-hydroxylation sites is 1. The van der Waals surface area contributed by atoms with Gasteiger partial charge in [0.1, 0.15) is 5.75 Å². The van der Waals surface area contributed by atoms with E-state index >= 15 is 0 Å². The second-order valence-corrected chi connectivity index (χ2v) is 8.04. The molecule has 1 heterocycles. The van der Waals surface area contributed by atoms with Crippen molar-refractivity contribution in [2.24, 2.45) is 0 Å². The molecule has 140 valence electrons. The Bertz CT molecular complexity index is 1020. The number of carbonyl (C=O) groups is 1. The first kappa shape index (κ1) is 18.9. The molecule has 0 unspecified atom stereocenters. The molecule has 2 N–H and O–H groups in total. The topological polar surface area (TPSA) is 97.4 Å². The second-order valence-electron chi connectivity index (χ2n) is 5.46. The molecule has 2 aromatic carbocycles. The summed E-state index contributed by atoms with van der Waals surface area (Å²) in [5.74, 6) is 0.380. The van der Waals surface area contributed by atoms with E-state index in [-0.39, 0.29) is 15.9 Å². The molecule has 0 saturated carbocycles. The summed E-state index contributed by atoms with van der Waals surface area (Å²) in [5.41, 5.74) is 1.21. The SMILES string of the molecule is COc1ccccc1CNC(=O)c1ccc(S(=O)(=O)Nc2nccs2)cc1. The van der Waals surface area contributed by atoms with Crippen molar-refractivity contribution in [2.45, 2.75) is 11.4 Å². The first-order valence-electron chi connectivity index (χ1n) is 7.92. The van der Waals surface area contributed by atoms with Gasteiger partial charge in [-0.05, 0) is 30.3 Å². The van der Waals surface area contributed by atoms with Gasteiger partial charge in [0.25, 0.3) is 15.9 Å². The summed E-state index contributed by atoms with van der Waals surface area (Å²) >= 11 is 1.18. The first-order chi connectivity index (χ1) is 13.0. The molecule has 3 aromatic rings. The lowest BCUT2D eigenvalue weighted by atomic mass is 10.2. The Morgan fingerprint density at radius 1 is 1.15 bits per heavy atom. The van der Waals surface area contributed by atoms with Gasteiger partial charge in [0.2, 0.25) is 0 Å². The average molecular weight is 403 g/mol. The van der Waals surface area contributed by atoms with Gasteiger partial charge < -0.3 is 10.1 Å². The number of sulfonamides is 1. The zero-order chi connectivity index (χ0) is 19.3. The number of anilines is 1. The van der Waals surface area contributed by atoms with Crippen LogP contribution in [-0.2, 0) is 16.6 Å². The summed E-state index contributed by atoms with van der Waals surface area (Å²) in [6, 6.07) is 13.1. The number of amides is 1. The number of ether oxygens (including phenoxy) is 1. The maximum absolute atomic E-state index is 12.3. The molecule has 0 fully saturated rings. The predicted molar refractivity (Wildman–Crippen MR) is 104 cm³/mol. The molecule has 0 bridgehead atoms. The Kier molecular flexibility index (Phi) is 5.72. The normalized spacial score (nSPS) is 11.0. The molecule has 0 aliphatic carbocycles. The van der Waals surface area contributed by atoms with Crippen LogP contribution >= 0.6 is 11.3 Å². The van der Waals surface area contributed by atoms with Gasteiger partial charge in [-0.3, -0.25) is 9.52 Å². The number of aromatic nitrogens is 1. The minimum Gasteiger partial charge on any atom is -0.496 e. The van der Waals surface area contributed by atoms with Crippen LogP contribution in [0.3, 0.4) is 0 Å². The largest absolute Gasteiger partial charge is 0.496 e. The van der Waals surface area contributed by atoms with Gasteiger partial charge in [0.15, 0.2) is 5.13 Å². The molecule has 0 radical (unpaired) electrons. The van der Waals surface area contributed by atoms with E-state index in [1.165, 1.54) is 41.8 Å². The van der Waals surface area contributed by atoms with E-state index in [2.05, 4.69) is 15.0 Å². The molecule has 1 aromatic heterocycles. The zero-order valence-corrected chi connectivity index (χ0v) is 16.0. The number of hydrogen-bond donors (Lipinski definition) is 2. The Morgan fingerprint density at radius 3 is 2.56 bits per heavy atom. The summed E-state index contributed by atoms with van der Waals surface area (Å²) in [6.45, 7) is 0.300. The highest BCUT2D eigenvalue weighted by Crippen LogP contribution is 2.19. The standard InChI is InChI=1S/C18H17N3O4S2/c1-25-16-5-3-2-4-14(16)12-20-17(22)13-6-8-15(9-7-13)27(23,24)21-18-19-10-11-26-18/h2-11H,12H2,1H3,(H,19,21)(H,20,22). The molecular weight excluding hydrogens is 386 g/mol. The van der Waals surface area contributed by atoms with Crippen molar-refractivity contribution in [2.75, 3.05) is 11.8 Å². The monoisotopic (exact) mass is 403 g/mol. The van der Waals surface area contributed by atoms with Crippen molar-refractivity contribution < 1.29 is 17.9 Å². The van der Waals surface area contributed by atoms with Crippen LogP contribution in [0.4, 0.5) is 5.13 Å². The van der Waals surface area contributed by atoms with E-state index in [1.54, 1.807) is 12.5 Å². The third-order valence-electron chi connectivity index (χ3n) is 3.71. The molecule has 0 aliphatic heterocycles. The summed E-state index contributed by atoms with van der Waals surface area (Å²) in [5, 5.41) is 4.75. The number of rotatable bonds is 7. The van der Waals surface area contributed by atoms with Gasteiger partial charge in [0, 0.05) is 29.2 Å². The molecule has 0 atom stereocenters. The van der Waals surface area contributed by atoms with Gasteiger partial charge in [0.05, 0.1) is 12.0 Å². The number of benzene rings is 2. The van der Waals surface area contributed by atoms with Crippen LogP contribution in [0.15, 0.2) is 65.0 Å². The molecule has 1 amide bonds. The Balaban J connectivity index is 1.67. The van der Waals surface area contributed by atoms with E-state index in [4.69, 9.17) is 4.74 Å². The third kappa shape index (κ3) is 4.63. The highest BCUT2D eigenvalue weighted by Gasteiger charge is 2.16. The maximum Gasteiger partial charge on any atom is 0.263 e. The summed E-state index contributed by atoms with van der Waals surface area (Å²) in [6.07, 6.45) is 1.51. The lowest BCUT2D eigenvalue weighted by Crippen LogP contribution is -2.23. The van der Waals surface area contributed by atoms with E-state index in [1.807, 2.05) is 24.3 Å². The highest BCUT2D eigenvalue weighted by molar-refractivity contribution is 7.93. The molecular formula is C18H17N3O4S2. The lowest BCUT2D eigenvalue weighted by Gasteiger charge is -2.10. The fourth-order valence-electron chi connectivity index (χ4n) is 2.36. The minimum atomic E-state index is -3.74. The van der Waals surface area contributed by atoms with Gasteiger partial charge in [-0.2, -0.15) is 0 Å². The highest BCUT2D eigenvalue weighted by atomic mass is 32.2. The van der Waals surface area contributed by atoms with Gasteiger partial charge >= 0.3 is 0 Å². The van der Waals surface area contributed by atoms with E-state index < -0.39 is 10.0 Å². The summed E-state index contributed by atoms with van der Waals surface area (Å²) in [4.78, 5) is 16.3. The fourth-order valence-corrected chi connectivity index (χ4v) is 4.15. The van der Waals surface area contributed by atoms with Crippen molar-refractivity contribution in [3.05, 3.63) is 71.2 Å². The lowest BCUT2D eigenvalue weighted by molar-refractivity contribution is 0.0950. The smallest absolute Gasteiger partial charge is 0.263 e. The molecule has 3 rings (SSSR count). The van der Waals surface area contributed by atoms with Crippen LogP contribution in [0.2, 0.25) is 0 Å². The van der Waals surface area contributed by atoms with E-state index in [9.17, 15) is 13.2 Å². The third-order valence-corrected chi connectivity index (χ3v) is 5.89.